The fourth-order valence-electron chi connectivity index (χ4n) is 2.80. The van der Waals surface area contributed by atoms with Gasteiger partial charge < -0.3 is 14.2 Å². The van der Waals surface area contributed by atoms with E-state index in [1.54, 1.807) is 24.3 Å². The molecule has 0 saturated heterocycles. The van der Waals surface area contributed by atoms with Crippen LogP contribution in [-0.2, 0) is 19.1 Å². The van der Waals surface area contributed by atoms with Gasteiger partial charge in [0.15, 0.2) is 5.75 Å². The predicted octanol–water partition coefficient (Wildman–Crippen LogP) is 3.54. The van der Waals surface area contributed by atoms with E-state index in [-0.39, 0.29) is 17.5 Å². The highest BCUT2D eigenvalue weighted by molar-refractivity contribution is 6.29. The number of esters is 2. The van der Waals surface area contributed by atoms with E-state index in [1.165, 1.54) is 31.7 Å². The number of benzene rings is 1. The van der Waals surface area contributed by atoms with Crippen molar-refractivity contribution in [3.05, 3.63) is 52.6 Å². The number of hydrogen-bond donors (Lipinski definition) is 0. The Morgan fingerprint density at radius 1 is 1.11 bits per heavy atom. The minimum atomic E-state index is -0.535. The second-order valence-corrected chi connectivity index (χ2v) is 6.23. The molecule has 0 radical (unpaired) electrons. The predicted molar refractivity (Wildman–Crippen MR) is 97.0 cm³/mol. The summed E-state index contributed by atoms with van der Waals surface area (Å²) in [5, 5.41) is -0.0530. The lowest BCUT2D eigenvalue weighted by molar-refractivity contribution is -0.136. The van der Waals surface area contributed by atoms with Crippen molar-refractivity contribution in [2.75, 3.05) is 4.90 Å². The summed E-state index contributed by atoms with van der Waals surface area (Å²) in [6.45, 7) is 3.98. The van der Waals surface area contributed by atoms with Crippen LogP contribution in [0.15, 0.2) is 52.6 Å². The zero-order valence-electron chi connectivity index (χ0n) is 14.9. The molecule has 7 nitrogen and oxygen atoms in total. The van der Waals surface area contributed by atoms with Gasteiger partial charge in [-0.3, -0.25) is 19.3 Å². The number of nitrogens with zero attached hydrogens (tertiary/aromatic N) is 1. The van der Waals surface area contributed by atoms with Crippen LogP contribution in [0.25, 0.3) is 0 Å². The first kappa shape index (κ1) is 18.7. The van der Waals surface area contributed by atoms with Crippen molar-refractivity contribution in [1.82, 2.24) is 0 Å². The maximum absolute atomic E-state index is 12.2. The minimum absolute atomic E-state index is 0.0530. The van der Waals surface area contributed by atoms with E-state index >= 15 is 0 Å². The highest BCUT2D eigenvalue weighted by Crippen LogP contribution is 2.43. The molecule has 3 rings (SSSR count). The molecule has 0 atom stereocenters. The zero-order valence-corrected chi connectivity index (χ0v) is 15.6. The molecule has 140 valence electrons. The number of hydrogen-bond acceptors (Lipinski definition) is 6. The van der Waals surface area contributed by atoms with Crippen molar-refractivity contribution >= 4 is 35.1 Å². The molecule has 0 N–H and O–H groups in total. The number of amides is 1. The number of rotatable bonds is 2. The Hall–Kier alpha value is -3.06. The van der Waals surface area contributed by atoms with Crippen molar-refractivity contribution in [2.45, 2.75) is 27.2 Å². The zero-order chi connectivity index (χ0) is 19.7. The van der Waals surface area contributed by atoms with Gasteiger partial charge in [-0.1, -0.05) is 6.08 Å². The van der Waals surface area contributed by atoms with E-state index in [4.69, 9.17) is 25.8 Å². The molecule has 1 aromatic rings. The fourth-order valence-corrected chi connectivity index (χ4v) is 3.04. The number of carbonyl (C=O) groups is 3. The lowest BCUT2D eigenvalue weighted by Gasteiger charge is -2.33. The highest BCUT2D eigenvalue weighted by atomic mass is 35.5. The molecule has 0 saturated carbocycles. The third-order valence-corrected chi connectivity index (χ3v) is 4.11. The van der Waals surface area contributed by atoms with Crippen molar-refractivity contribution in [2.24, 2.45) is 0 Å². The average Bonchev–Trinajstić information content (AvgIpc) is 2.57. The Morgan fingerprint density at radius 3 is 2.48 bits per heavy atom. The Balaban J connectivity index is 2.00. The van der Waals surface area contributed by atoms with E-state index in [0.29, 0.717) is 34.2 Å². The topological polar surface area (TPSA) is 82.1 Å². The van der Waals surface area contributed by atoms with Crippen LogP contribution < -0.4 is 14.4 Å². The number of halogens is 1. The quantitative estimate of drug-likeness (QED) is 0.437. The summed E-state index contributed by atoms with van der Waals surface area (Å²) in [6, 6.07) is 4.76. The van der Waals surface area contributed by atoms with Gasteiger partial charge in [0.05, 0.1) is 11.4 Å². The fraction of sp³-hybridized carbons (Fsp3) is 0.211. The molecule has 8 heteroatoms. The Labute approximate surface area is 160 Å². The molecule has 0 aromatic heterocycles. The molecular weight excluding hydrogens is 374 g/mol. The second-order valence-electron chi connectivity index (χ2n) is 5.89. The van der Waals surface area contributed by atoms with Crippen molar-refractivity contribution < 1.29 is 28.6 Å². The largest absolute Gasteiger partial charge is 0.457 e. The van der Waals surface area contributed by atoms with Crippen LogP contribution in [0.2, 0.25) is 0 Å². The van der Waals surface area contributed by atoms with Gasteiger partial charge in [0.2, 0.25) is 11.1 Å². The van der Waals surface area contributed by atoms with Crippen molar-refractivity contribution in [3.63, 3.8) is 0 Å². The van der Waals surface area contributed by atoms with E-state index in [0.717, 1.165) is 0 Å². The Morgan fingerprint density at radius 2 is 1.85 bits per heavy atom. The van der Waals surface area contributed by atoms with Crippen LogP contribution in [-0.4, -0.2) is 17.8 Å². The van der Waals surface area contributed by atoms with E-state index in [2.05, 4.69) is 0 Å². The number of carbonyl (C=O) groups excluding carboxylic acids is 3. The van der Waals surface area contributed by atoms with Crippen molar-refractivity contribution in [1.29, 1.82) is 0 Å². The summed E-state index contributed by atoms with van der Waals surface area (Å²) in [6.07, 6.45) is 3.56. The second kappa shape index (κ2) is 7.28. The third-order valence-electron chi connectivity index (χ3n) is 3.79. The summed E-state index contributed by atoms with van der Waals surface area (Å²) >= 11 is 6.04. The summed E-state index contributed by atoms with van der Waals surface area (Å²) in [7, 11) is 0. The van der Waals surface area contributed by atoms with Crippen LogP contribution in [0.1, 0.15) is 27.2 Å². The first-order valence-electron chi connectivity index (χ1n) is 8.05. The lowest BCUT2D eigenvalue weighted by atomic mass is 10.0. The van der Waals surface area contributed by atoms with Crippen molar-refractivity contribution in [3.8, 4) is 11.5 Å². The maximum Gasteiger partial charge on any atom is 0.308 e. The number of ether oxygens (including phenoxy) is 3. The van der Waals surface area contributed by atoms with Gasteiger partial charge in [0.25, 0.3) is 0 Å². The minimum Gasteiger partial charge on any atom is -0.457 e. The molecule has 1 aromatic carbocycles. The highest BCUT2D eigenvalue weighted by Gasteiger charge is 2.31. The molecule has 0 bridgehead atoms. The van der Waals surface area contributed by atoms with Crippen LogP contribution in [0.5, 0.6) is 11.5 Å². The molecule has 27 heavy (non-hydrogen) atoms. The van der Waals surface area contributed by atoms with Crippen LogP contribution in [0.4, 0.5) is 5.69 Å². The molecule has 1 aliphatic carbocycles. The summed E-state index contributed by atoms with van der Waals surface area (Å²) < 4.78 is 15.9. The molecular formula is C19H16ClNO6. The standard InChI is InChI=1S/C19H16ClNO6/c1-10(22)21-15-6-4-13(19(20)26-12(3)24)8-17(15)27-18-9-14(25-11(2)23)5-7-16(18)21/h4-7,9H,8H2,1-3H3. The maximum atomic E-state index is 12.2. The SMILES string of the molecule is CC(=O)OC(Cl)=C1C=CC2=C(C1)Oc1cc(OC(C)=O)ccc1N2C(C)=O. The van der Waals surface area contributed by atoms with Gasteiger partial charge >= 0.3 is 11.9 Å². The monoisotopic (exact) mass is 389 g/mol. The first-order chi connectivity index (χ1) is 12.8. The van der Waals surface area contributed by atoms with E-state index in [9.17, 15) is 14.4 Å². The van der Waals surface area contributed by atoms with Gasteiger partial charge in [-0.2, -0.15) is 0 Å². The normalized spacial score (nSPS) is 16.8. The molecule has 0 unspecified atom stereocenters. The molecule has 2 aliphatic rings. The Kier molecular flexibility index (Phi) is 5.05. The van der Waals surface area contributed by atoms with Gasteiger partial charge in [0.1, 0.15) is 11.5 Å². The average molecular weight is 390 g/mol. The first-order valence-corrected chi connectivity index (χ1v) is 8.43. The summed E-state index contributed by atoms with van der Waals surface area (Å²) in [4.78, 5) is 36.0. The van der Waals surface area contributed by atoms with E-state index in [1.807, 2.05) is 0 Å². The molecule has 0 fully saturated rings. The van der Waals surface area contributed by atoms with E-state index < -0.39 is 11.9 Å². The van der Waals surface area contributed by atoms with Crippen LogP contribution >= 0.6 is 11.6 Å². The van der Waals surface area contributed by atoms with Gasteiger partial charge in [0, 0.05) is 38.8 Å². The smallest absolute Gasteiger partial charge is 0.308 e. The number of fused-ring (bicyclic) bond motifs is 1. The summed E-state index contributed by atoms with van der Waals surface area (Å²) in [5.41, 5.74) is 1.63. The molecule has 1 aliphatic heterocycles. The molecule has 0 spiro atoms. The number of anilines is 1. The third kappa shape index (κ3) is 3.88. The van der Waals surface area contributed by atoms with Gasteiger partial charge in [-0.25, -0.2) is 0 Å². The van der Waals surface area contributed by atoms with Gasteiger partial charge in [-0.15, -0.1) is 0 Å². The molecule has 1 heterocycles. The number of allylic oxidation sites excluding steroid dienone is 3. The van der Waals surface area contributed by atoms with Crippen LogP contribution in [0, 0.1) is 0 Å². The van der Waals surface area contributed by atoms with Gasteiger partial charge in [-0.05, 0) is 29.8 Å². The lowest BCUT2D eigenvalue weighted by Crippen LogP contribution is -2.33. The Bertz CT molecular complexity index is 944. The molecule has 1 amide bonds. The van der Waals surface area contributed by atoms with Crippen LogP contribution in [0.3, 0.4) is 0 Å². The summed E-state index contributed by atoms with van der Waals surface area (Å²) in [5.74, 6) is -0.0919.